The molecule has 106 valence electrons. The molecule has 0 fully saturated rings. The van der Waals surface area contributed by atoms with Gasteiger partial charge in [-0.2, -0.15) is 13.2 Å². The monoisotopic (exact) mass is 277 g/mol. The fourth-order valence-corrected chi connectivity index (χ4v) is 1.31. The molecular weight excluding hydrogens is 263 g/mol. The first-order valence-electron chi connectivity index (χ1n) is 5.55. The quantitative estimate of drug-likeness (QED) is 0.758. The summed E-state index contributed by atoms with van der Waals surface area (Å²) in [6.45, 7) is 1.69. The molecule has 1 rings (SSSR count). The average molecular weight is 277 g/mol. The number of hydrogen-bond donors (Lipinski definition) is 3. The second-order valence-corrected chi connectivity index (χ2v) is 3.90. The first-order chi connectivity index (χ1) is 8.75. The van der Waals surface area contributed by atoms with Crippen molar-refractivity contribution in [2.75, 3.05) is 11.9 Å². The Bertz CT molecular complexity index is 463. The minimum absolute atomic E-state index is 0.0227. The fraction of sp³-hybridized carbons (Fsp3) is 0.455. The number of aliphatic hydroxyl groups is 1. The summed E-state index contributed by atoms with van der Waals surface area (Å²) in [7, 11) is 0. The predicted molar refractivity (Wildman–Crippen MR) is 62.5 cm³/mol. The molecular formula is C11H14F3N3O2. The molecule has 0 saturated heterocycles. The van der Waals surface area contributed by atoms with Crippen molar-refractivity contribution in [2.45, 2.75) is 25.6 Å². The summed E-state index contributed by atoms with van der Waals surface area (Å²) in [6.07, 6.45) is -4.95. The maximum atomic E-state index is 12.5. The Hall–Kier alpha value is -1.83. The number of carbonyl (C=O) groups is 1. The number of nitrogens with two attached hydrogens (primary N) is 1. The minimum Gasteiger partial charge on any atom is -0.391 e. The van der Waals surface area contributed by atoms with Gasteiger partial charge in [0.25, 0.3) is 5.91 Å². The van der Waals surface area contributed by atoms with Gasteiger partial charge in [0.1, 0.15) is 11.5 Å². The lowest BCUT2D eigenvalue weighted by Crippen LogP contribution is -2.23. The van der Waals surface area contributed by atoms with Gasteiger partial charge in [-0.3, -0.25) is 4.79 Å². The number of anilines is 1. The van der Waals surface area contributed by atoms with Crippen LogP contribution in [0.25, 0.3) is 0 Å². The van der Waals surface area contributed by atoms with Gasteiger partial charge in [0.05, 0.1) is 11.7 Å². The average Bonchev–Trinajstić information content (AvgIpc) is 2.34. The second-order valence-electron chi connectivity index (χ2n) is 3.90. The summed E-state index contributed by atoms with van der Waals surface area (Å²) < 4.78 is 37.5. The highest BCUT2D eigenvalue weighted by atomic mass is 19.4. The van der Waals surface area contributed by atoms with Crippen molar-refractivity contribution in [1.82, 2.24) is 4.98 Å². The lowest BCUT2D eigenvalue weighted by atomic mass is 10.2. The molecule has 1 unspecified atom stereocenters. The van der Waals surface area contributed by atoms with Crippen LogP contribution in [0.3, 0.4) is 0 Å². The number of halogens is 3. The fourth-order valence-electron chi connectivity index (χ4n) is 1.31. The summed E-state index contributed by atoms with van der Waals surface area (Å²) in [5.74, 6) is -1.18. The van der Waals surface area contributed by atoms with Crippen molar-refractivity contribution in [3.63, 3.8) is 0 Å². The SMILES string of the molecule is CCC(O)CNc1nc(C(F)(F)F)ccc1C(N)=O. The summed E-state index contributed by atoms with van der Waals surface area (Å²) >= 11 is 0. The smallest absolute Gasteiger partial charge is 0.391 e. The molecule has 5 nitrogen and oxygen atoms in total. The van der Waals surface area contributed by atoms with Gasteiger partial charge in [-0.25, -0.2) is 4.98 Å². The van der Waals surface area contributed by atoms with Crippen LogP contribution in [-0.4, -0.2) is 28.6 Å². The van der Waals surface area contributed by atoms with Gasteiger partial charge in [0, 0.05) is 6.54 Å². The van der Waals surface area contributed by atoms with E-state index in [1.165, 1.54) is 0 Å². The zero-order chi connectivity index (χ0) is 14.6. The second kappa shape index (κ2) is 5.87. The molecule has 0 bridgehead atoms. The molecule has 0 aliphatic heterocycles. The Labute approximate surface area is 107 Å². The summed E-state index contributed by atoms with van der Waals surface area (Å²) in [4.78, 5) is 14.4. The van der Waals surface area contributed by atoms with Gasteiger partial charge in [0.2, 0.25) is 0 Å². The number of carbonyl (C=O) groups excluding carboxylic acids is 1. The molecule has 0 spiro atoms. The van der Waals surface area contributed by atoms with Crippen LogP contribution >= 0.6 is 0 Å². The zero-order valence-electron chi connectivity index (χ0n) is 10.2. The summed E-state index contributed by atoms with van der Waals surface area (Å²) in [5, 5.41) is 11.8. The number of amides is 1. The Kier molecular flexibility index (Phi) is 4.71. The third kappa shape index (κ3) is 4.09. The number of aliphatic hydroxyl groups excluding tert-OH is 1. The molecule has 0 radical (unpaired) electrons. The van der Waals surface area contributed by atoms with E-state index in [9.17, 15) is 23.1 Å². The highest BCUT2D eigenvalue weighted by Gasteiger charge is 2.33. The maximum Gasteiger partial charge on any atom is 0.433 e. The third-order valence-electron chi connectivity index (χ3n) is 2.43. The third-order valence-corrected chi connectivity index (χ3v) is 2.43. The van der Waals surface area contributed by atoms with Crippen molar-refractivity contribution in [2.24, 2.45) is 5.73 Å². The molecule has 0 saturated carbocycles. The molecule has 19 heavy (non-hydrogen) atoms. The largest absolute Gasteiger partial charge is 0.433 e. The van der Waals surface area contributed by atoms with Crippen molar-refractivity contribution in [1.29, 1.82) is 0 Å². The van der Waals surface area contributed by atoms with Gasteiger partial charge in [-0.05, 0) is 18.6 Å². The van der Waals surface area contributed by atoms with E-state index in [4.69, 9.17) is 5.73 Å². The zero-order valence-corrected chi connectivity index (χ0v) is 10.2. The van der Waals surface area contributed by atoms with Gasteiger partial charge in [0.15, 0.2) is 0 Å². The lowest BCUT2D eigenvalue weighted by Gasteiger charge is -2.14. The van der Waals surface area contributed by atoms with Gasteiger partial charge in [-0.15, -0.1) is 0 Å². The van der Waals surface area contributed by atoms with E-state index in [1.54, 1.807) is 6.92 Å². The van der Waals surface area contributed by atoms with E-state index in [-0.39, 0.29) is 17.9 Å². The van der Waals surface area contributed by atoms with Crippen LogP contribution in [0.1, 0.15) is 29.4 Å². The Morgan fingerprint density at radius 3 is 2.63 bits per heavy atom. The first-order valence-corrected chi connectivity index (χ1v) is 5.55. The van der Waals surface area contributed by atoms with E-state index in [2.05, 4.69) is 10.3 Å². The van der Waals surface area contributed by atoms with Gasteiger partial charge in [-0.1, -0.05) is 6.92 Å². The van der Waals surface area contributed by atoms with Crippen LogP contribution in [0.5, 0.6) is 0 Å². The molecule has 8 heteroatoms. The maximum absolute atomic E-state index is 12.5. The normalized spacial score (nSPS) is 13.1. The van der Waals surface area contributed by atoms with E-state index < -0.39 is 23.9 Å². The molecule has 0 aliphatic rings. The number of pyridine rings is 1. The molecule has 0 aromatic carbocycles. The van der Waals surface area contributed by atoms with Crippen LogP contribution in [0.2, 0.25) is 0 Å². The van der Waals surface area contributed by atoms with E-state index in [0.717, 1.165) is 6.07 Å². The van der Waals surface area contributed by atoms with Crippen molar-refractivity contribution in [3.8, 4) is 0 Å². The van der Waals surface area contributed by atoms with Crippen LogP contribution < -0.4 is 11.1 Å². The van der Waals surface area contributed by atoms with Crippen LogP contribution in [0.4, 0.5) is 19.0 Å². The number of alkyl halides is 3. The van der Waals surface area contributed by atoms with Gasteiger partial charge < -0.3 is 16.2 Å². The Morgan fingerprint density at radius 1 is 1.53 bits per heavy atom. The van der Waals surface area contributed by atoms with Crippen LogP contribution in [-0.2, 0) is 6.18 Å². The molecule has 1 atom stereocenters. The molecule has 1 aromatic rings. The van der Waals surface area contributed by atoms with Crippen LogP contribution in [0.15, 0.2) is 12.1 Å². The standard InChI is InChI=1S/C11H14F3N3O2/c1-2-6(18)5-16-10-7(9(15)19)3-4-8(17-10)11(12,13)14/h3-4,6,18H,2,5H2,1H3,(H2,15,19)(H,16,17). The molecule has 1 aromatic heterocycles. The topological polar surface area (TPSA) is 88.2 Å². The Morgan fingerprint density at radius 2 is 2.16 bits per heavy atom. The van der Waals surface area contributed by atoms with Crippen molar-refractivity contribution >= 4 is 11.7 Å². The number of nitrogens with zero attached hydrogens (tertiary/aromatic N) is 1. The highest BCUT2D eigenvalue weighted by Crippen LogP contribution is 2.29. The molecule has 1 heterocycles. The van der Waals surface area contributed by atoms with Crippen molar-refractivity contribution in [3.05, 3.63) is 23.4 Å². The molecule has 4 N–H and O–H groups in total. The molecule has 1 amide bonds. The number of aromatic nitrogens is 1. The van der Waals surface area contributed by atoms with Crippen molar-refractivity contribution < 1.29 is 23.1 Å². The highest BCUT2D eigenvalue weighted by molar-refractivity contribution is 5.97. The predicted octanol–water partition coefficient (Wildman–Crippen LogP) is 1.38. The summed E-state index contributed by atoms with van der Waals surface area (Å²) in [6, 6.07) is 1.64. The minimum atomic E-state index is -4.62. The van der Waals surface area contributed by atoms with Crippen LogP contribution in [0, 0.1) is 0 Å². The van der Waals surface area contributed by atoms with E-state index >= 15 is 0 Å². The van der Waals surface area contributed by atoms with Gasteiger partial charge >= 0.3 is 6.18 Å². The number of nitrogens with one attached hydrogen (secondary N) is 1. The Balaban J connectivity index is 3.06. The lowest BCUT2D eigenvalue weighted by molar-refractivity contribution is -0.141. The summed E-state index contributed by atoms with van der Waals surface area (Å²) in [5.41, 5.74) is 3.76. The number of hydrogen-bond acceptors (Lipinski definition) is 4. The first kappa shape index (κ1) is 15.2. The number of rotatable bonds is 5. The van der Waals surface area contributed by atoms with E-state index in [1.807, 2.05) is 0 Å². The molecule has 0 aliphatic carbocycles. The van der Waals surface area contributed by atoms with E-state index in [0.29, 0.717) is 12.5 Å². The number of primary amides is 1.